The molecule has 0 aromatic heterocycles. The van der Waals surface area contributed by atoms with Crippen molar-refractivity contribution in [2.45, 2.75) is 25.8 Å². The number of nitrogens with zero attached hydrogens (tertiary/aromatic N) is 3. The lowest BCUT2D eigenvalue weighted by molar-refractivity contribution is -1.22. The summed E-state index contributed by atoms with van der Waals surface area (Å²) in [6.45, 7) is 7.18. The molecule has 0 aliphatic carbocycles. The van der Waals surface area contributed by atoms with Crippen LogP contribution in [0.4, 0.5) is 0 Å². The van der Waals surface area contributed by atoms with Crippen LogP contribution in [0.3, 0.4) is 0 Å². The van der Waals surface area contributed by atoms with E-state index < -0.39 is 6.04 Å². The maximum Gasteiger partial charge on any atom is 0.389 e. The number of quaternary nitrogens is 1. The third-order valence-electron chi connectivity index (χ3n) is 3.96. The summed E-state index contributed by atoms with van der Waals surface area (Å²) >= 11 is 0. The van der Waals surface area contributed by atoms with Gasteiger partial charge in [0.05, 0.1) is 0 Å². The van der Waals surface area contributed by atoms with Gasteiger partial charge >= 0.3 is 11.7 Å². The molecule has 0 spiro atoms. The molecule has 3 aliphatic rings. The van der Waals surface area contributed by atoms with E-state index >= 15 is 0 Å². The maximum atomic E-state index is 12.7. The number of nitrogens with one attached hydrogen (secondary N) is 2. The van der Waals surface area contributed by atoms with Crippen molar-refractivity contribution in [1.29, 1.82) is 0 Å². The fourth-order valence-corrected chi connectivity index (χ4v) is 3.13. The summed E-state index contributed by atoms with van der Waals surface area (Å²) in [6, 6.07) is -0.485. The van der Waals surface area contributed by atoms with Crippen LogP contribution in [0, 0.1) is 4.91 Å². The average molecular weight is 277 g/mol. The minimum Gasteiger partial charge on any atom is -0.277 e. The number of amides is 1. The van der Waals surface area contributed by atoms with Crippen LogP contribution in [0.25, 0.3) is 0 Å². The van der Waals surface area contributed by atoms with Crippen molar-refractivity contribution in [2.75, 3.05) is 19.8 Å². The lowest BCUT2D eigenvalue weighted by atomic mass is 10.2. The van der Waals surface area contributed by atoms with E-state index in [1.807, 2.05) is 6.92 Å². The van der Waals surface area contributed by atoms with Crippen molar-refractivity contribution >= 4 is 11.7 Å². The number of carbonyl (C=O) groups excluding carboxylic acids is 1. The van der Waals surface area contributed by atoms with E-state index in [0.717, 1.165) is 16.9 Å². The number of nitroso groups, excluding NO2 is 1. The third kappa shape index (κ3) is 1.47. The lowest BCUT2D eigenvalue weighted by Crippen LogP contribution is -2.58. The van der Waals surface area contributed by atoms with Crippen LogP contribution < -0.4 is 10.6 Å². The minimum absolute atomic E-state index is 0.145. The van der Waals surface area contributed by atoms with Gasteiger partial charge in [-0.1, -0.05) is 13.0 Å². The van der Waals surface area contributed by atoms with Gasteiger partial charge in [0.15, 0.2) is 16.5 Å². The van der Waals surface area contributed by atoms with E-state index in [2.05, 4.69) is 22.2 Å². The Morgan fingerprint density at radius 3 is 3.10 bits per heavy atom. The third-order valence-corrected chi connectivity index (χ3v) is 3.96. The monoisotopic (exact) mass is 277 g/mol. The number of hydrogen-bond donors (Lipinski definition) is 2. The molecule has 7 nitrogen and oxygen atoms in total. The molecule has 7 heteroatoms. The number of hydrogen-bond acceptors (Lipinski definition) is 5. The van der Waals surface area contributed by atoms with Crippen molar-refractivity contribution in [3.05, 3.63) is 29.0 Å². The van der Waals surface area contributed by atoms with Crippen LogP contribution in [0.15, 0.2) is 29.0 Å². The first-order valence-corrected chi connectivity index (χ1v) is 6.94. The summed E-state index contributed by atoms with van der Waals surface area (Å²) in [7, 11) is 0. The molecule has 0 fully saturated rings. The smallest absolute Gasteiger partial charge is 0.277 e. The zero-order chi connectivity index (χ0) is 14.3. The Labute approximate surface area is 117 Å². The van der Waals surface area contributed by atoms with E-state index in [1.54, 1.807) is 6.08 Å². The van der Waals surface area contributed by atoms with E-state index in [4.69, 9.17) is 0 Å². The molecular weight excluding hydrogens is 258 g/mol. The van der Waals surface area contributed by atoms with Gasteiger partial charge in [-0.2, -0.15) is 0 Å². The predicted octanol–water partition coefficient (Wildman–Crippen LogP) is 0.166. The normalized spacial score (nSPS) is 31.9. The molecule has 2 unspecified atom stereocenters. The topological polar surface area (TPSA) is 73.6 Å². The quantitative estimate of drug-likeness (QED) is 0.436. The van der Waals surface area contributed by atoms with E-state index in [1.165, 1.54) is 0 Å². The standard InChI is InChI=1S/C13H19N5O2/c1-3-5-10-13(19)18(6-4-2)12(16-10)9-7-14-8-15-11(9)17(18)20/h3,10,14-15H,1,4-8H2,2H3/q+2. The summed E-state index contributed by atoms with van der Waals surface area (Å²) in [5, 5.41) is 6.18. The second kappa shape index (κ2) is 4.60. The van der Waals surface area contributed by atoms with E-state index in [0.29, 0.717) is 37.8 Å². The molecule has 3 aliphatic heterocycles. The molecular formula is C13H19N5O2+2. The van der Waals surface area contributed by atoms with Crippen LogP contribution in [-0.4, -0.2) is 47.0 Å². The number of rotatable bonds is 4. The van der Waals surface area contributed by atoms with Crippen molar-refractivity contribution in [3.63, 3.8) is 0 Å². The zero-order valence-corrected chi connectivity index (χ0v) is 11.6. The van der Waals surface area contributed by atoms with Crippen LogP contribution in [-0.2, 0) is 4.79 Å². The van der Waals surface area contributed by atoms with Crippen molar-refractivity contribution < 1.29 is 14.3 Å². The van der Waals surface area contributed by atoms with Crippen LogP contribution in [0.5, 0.6) is 0 Å². The van der Waals surface area contributed by atoms with Crippen LogP contribution >= 0.6 is 0 Å². The first kappa shape index (κ1) is 13.1. The minimum atomic E-state index is -0.485. The first-order chi connectivity index (χ1) is 9.66. The zero-order valence-electron chi connectivity index (χ0n) is 11.6. The molecule has 1 amide bonds. The highest BCUT2D eigenvalue weighted by Gasteiger charge is 2.68. The molecule has 0 aromatic rings. The second-order valence-electron chi connectivity index (χ2n) is 5.20. The molecule has 3 heterocycles. The molecule has 0 bridgehead atoms. The number of amidine groups is 1. The van der Waals surface area contributed by atoms with Crippen molar-refractivity contribution in [3.8, 4) is 0 Å². The van der Waals surface area contributed by atoms with Crippen molar-refractivity contribution in [1.82, 2.24) is 10.6 Å². The number of aliphatic imine (C=N–C) groups is 1. The Kier molecular flexibility index (Phi) is 3.02. The Bertz CT molecular complexity index is 565. The molecule has 0 saturated heterocycles. The van der Waals surface area contributed by atoms with Gasteiger partial charge in [0.25, 0.3) is 5.84 Å². The molecule has 20 heavy (non-hydrogen) atoms. The SMILES string of the molecule is C=CCC1N=C2C3=C(NCNC3)[N+](=O)[N+]2(CCC)C1=O. The van der Waals surface area contributed by atoms with Gasteiger partial charge in [0.2, 0.25) is 0 Å². The average Bonchev–Trinajstić information content (AvgIpc) is 2.86. The first-order valence-electron chi connectivity index (χ1n) is 6.94. The van der Waals surface area contributed by atoms with Gasteiger partial charge < -0.3 is 0 Å². The summed E-state index contributed by atoms with van der Waals surface area (Å²) in [4.78, 5) is 30.8. The van der Waals surface area contributed by atoms with Crippen LogP contribution in [0.1, 0.15) is 19.8 Å². The fourth-order valence-electron chi connectivity index (χ4n) is 3.13. The molecule has 2 N–H and O–H groups in total. The van der Waals surface area contributed by atoms with E-state index in [9.17, 15) is 9.70 Å². The predicted molar refractivity (Wildman–Crippen MR) is 73.1 cm³/mol. The van der Waals surface area contributed by atoms with Gasteiger partial charge in [0.1, 0.15) is 13.2 Å². The summed E-state index contributed by atoms with van der Waals surface area (Å²) < 4.78 is -0.311. The summed E-state index contributed by atoms with van der Waals surface area (Å²) in [6.07, 6.45) is 2.89. The fraction of sp³-hybridized carbons (Fsp3) is 0.538. The van der Waals surface area contributed by atoms with E-state index in [-0.39, 0.29) is 10.5 Å². The van der Waals surface area contributed by atoms with Crippen molar-refractivity contribution in [2.24, 2.45) is 4.99 Å². The molecule has 2 atom stereocenters. The maximum absolute atomic E-state index is 12.7. The Morgan fingerprint density at radius 1 is 1.60 bits per heavy atom. The van der Waals surface area contributed by atoms with Gasteiger partial charge in [0, 0.05) is 13.0 Å². The summed E-state index contributed by atoms with van der Waals surface area (Å²) in [5.74, 6) is 0.947. The Hall–Kier alpha value is -1.86. The van der Waals surface area contributed by atoms with Gasteiger partial charge in [-0.15, -0.1) is 6.58 Å². The highest BCUT2D eigenvalue weighted by molar-refractivity contribution is 6.06. The summed E-state index contributed by atoms with van der Waals surface area (Å²) in [5.41, 5.74) is 0.819. The Balaban J connectivity index is 2.11. The van der Waals surface area contributed by atoms with Gasteiger partial charge in [-0.3, -0.25) is 10.6 Å². The molecule has 106 valence electrons. The molecule has 0 saturated carbocycles. The largest absolute Gasteiger partial charge is 0.389 e. The molecule has 3 rings (SSSR count). The van der Waals surface area contributed by atoms with Crippen LogP contribution in [0.2, 0.25) is 0 Å². The number of fused-ring (bicyclic) bond motifs is 2. The highest BCUT2D eigenvalue weighted by Crippen LogP contribution is 2.36. The molecule has 0 aromatic carbocycles. The highest BCUT2D eigenvalue weighted by atomic mass is 16.4. The lowest BCUT2D eigenvalue weighted by Gasteiger charge is -2.19. The van der Waals surface area contributed by atoms with Gasteiger partial charge in [-0.05, 0) is 15.9 Å². The second-order valence-corrected chi connectivity index (χ2v) is 5.20. The molecule has 0 radical (unpaired) electrons. The Morgan fingerprint density at radius 2 is 2.40 bits per heavy atom. The van der Waals surface area contributed by atoms with Gasteiger partial charge in [-0.25, -0.2) is 9.79 Å². The number of carbonyl (C=O) groups is 1.